The summed E-state index contributed by atoms with van der Waals surface area (Å²) in [6, 6.07) is 5.49. The molecule has 0 bridgehead atoms. The molecule has 1 aromatic carbocycles. The summed E-state index contributed by atoms with van der Waals surface area (Å²) in [4.78, 5) is 14.3. The summed E-state index contributed by atoms with van der Waals surface area (Å²) >= 11 is 11.9. The van der Waals surface area contributed by atoms with E-state index in [0.717, 1.165) is 31.5 Å². The summed E-state index contributed by atoms with van der Waals surface area (Å²) in [7, 11) is 0. The number of carbonyl (C=O) groups excluding carboxylic acids is 1. The smallest absolute Gasteiger partial charge is 0.222 e. The van der Waals surface area contributed by atoms with E-state index in [-0.39, 0.29) is 11.8 Å². The Bertz CT molecular complexity index is 724. The molecule has 0 atom stereocenters. The third-order valence-electron chi connectivity index (χ3n) is 4.35. The highest BCUT2D eigenvalue weighted by atomic mass is 35.5. The molecule has 3 rings (SSSR count). The first-order chi connectivity index (χ1) is 11.5. The van der Waals surface area contributed by atoms with E-state index in [0.29, 0.717) is 34.7 Å². The third kappa shape index (κ3) is 4.08. The number of hydrogen-bond donors (Lipinski definition) is 0. The molecule has 1 aromatic heterocycles. The average molecular weight is 368 g/mol. The fraction of sp³-hybridized carbons (Fsp3) is 0.471. The molecule has 2 aromatic rings. The lowest BCUT2D eigenvalue weighted by molar-refractivity contribution is -0.132. The van der Waals surface area contributed by atoms with E-state index in [1.165, 1.54) is 0 Å². The van der Waals surface area contributed by atoms with Crippen molar-refractivity contribution in [2.75, 3.05) is 13.1 Å². The number of piperidine rings is 1. The summed E-state index contributed by atoms with van der Waals surface area (Å²) in [5, 5.41) is 9.02. The zero-order chi connectivity index (χ0) is 17.1. The Balaban J connectivity index is 1.49. The van der Waals surface area contributed by atoms with E-state index < -0.39 is 0 Å². The number of rotatable bonds is 4. The standard InChI is InChI=1S/C17H19Cl2N3O2/c1-11-20-21-17(24-11)13-6-8-22(9-7-13)16(23)5-3-12-2-4-14(18)15(19)10-12/h2,4,10,13H,3,5-9H2,1H3. The van der Waals surface area contributed by atoms with Crippen molar-refractivity contribution in [1.29, 1.82) is 0 Å². The van der Waals surface area contributed by atoms with Crippen molar-refractivity contribution in [3.63, 3.8) is 0 Å². The second-order valence-electron chi connectivity index (χ2n) is 6.06. The Hall–Kier alpha value is -1.59. The second-order valence-corrected chi connectivity index (χ2v) is 6.88. The van der Waals surface area contributed by atoms with Crippen molar-refractivity contribution in [2.45, 2.75) is 38.5 Å². The Morgan fingerprint density at radius 2 is 2.00 bits per heavy atom. The van der Waals surface area contributed by atoms with Crippen molar-refractivity contribution in [3.8, 4) is 0 Å². The van der Waals surface area contributed by atoms with Gasteiger partial charge in [0.2, 0.25) is 17.7 Å². The lowest BCUT2D eigenvalue weighted by Gasteiger charge is -2.30. The number of likely N-dealkylation sites (tertiary alicyclic amines) is 1. The fourth-order valence-corrected chi connectivity index (χ4v) is 3.28. The minimum atomic E-state index is 0.168. The van der Waals surface area contributed by atoms with Gasteiger partial charge in [-0.05, 0) is 37.0 Å². The minimum Gasteiger partial charge on any atom is -0.425 e. The molecule has 0 radical (unpaired) electrons. The molecule has 0 saturated carbocycles. The molecule has 1 aliphatic heterocycles. The monoisotopic (exact) mass is 367 g/mol. The van der Waals surface area contributed by atoms with E-state index in [1.807, 2.05) is 17.0 Å². The maximum Gasteiger partial charge on any atom is 0.222 e. The summed E-state index contributed by atoms with van der Waals surface area (Å²) < 4.78 is 5.50. The van der Waals surface area contributed by atoms with E-state index in [2.05, 4.69) is 10.2 Å². The van der Waals surface area contributed by atoms with Crippen LogP contribution in [0.2, 0.25) is 10.0 Å². The van der Waals surface area contributed by atoms with Crippen LogP contribution in [0.5, 0.6) is 0 Å². The van der Waals surface area contributed by atoms with E-state index in [1.54, 1.807) is 13.0 Å². The molecule has 128 valence electrons. The number of benzene rings is 1. The van der Waals surface area contributed by atoms with E-state index in [9.17, 15) is 4.79 Å². The summed E-state index contributed by atoms with van der Waals surface area (Å²) in [5.74, 6) is 1.70. The van der Waals surface area contributed by atoms with Gasteiger partial charge in [0.25, 0.3) is 0 Å². The number of amides is 1. The Kier molecular flexibility index (Phi) is 5.41. The number of carbonyl (C=O) groups is 1. The van der Waals surface area contributed by atoms with Gasteiger partial charge in [-0.1, -0.05) is 29.3 Å². The first-order valence-corrected chi connectivity index (χ1v) is 8.80. The zero-order valence-corrected chi connectivity index (χ0v) is 15.0. The molecule has 1 fully saturated rings. The largest absolute Gasteiger partial charge is 0.425 e. The number of aryl methyl sites for hydroxylation is 2. The van der Waals surface area contributed by atoms with Crippen LogP contribution in [0.3, 0.4) is 0 Å². The van der Waals surface area contributed by atoms with Gasteiger partial charge < -0.3 is 9.32 Å². The molecular weight excluding hydrogens is 349 g/mol. The highest BCUT2D eigenvalue weighted by molar-refractivity contribution is 6.42. The zero-order valence-electron chi connectivity index (χ0n) is 13.5. The lowest BCUT2D eigenvalue weighted by atomic mass is 9.96. The van der Waals surface area contributed by atoms with Gasteiger partial charge >= 0.3 is 0 Å². The first kappa shape index (κ1) is 17.2. The lowest BCUT2D eigenvalue weighted by Crippen LogP contribution is -2.38. The SMILES string of the molecule is Cc1nnc(C2CCN(C(=O)CCc3ccc(Cl)c(Cl)c3)CC2)o1. The van der Waals surface area contributed by atoms with Crippen molar-refractivity contribution in [1.82, 2.24) is 15.1 Å². The highest BCUT2D eigenvalue weighted by Gasteiger charge is 2.26. The van der Waals surface area contributed by atoms with Crippen LogP contribution in [0.15, 0.2) is 22.6 Å². The summed E-state index contributed by atoms with van der Waals surface area (Å²) in [6.45, 7) is 3.25. The second kappa shape index (κ2) is 7.53. The van der Waals surface area contributed by atoms with Crippen LogP contribution in [-0.2, 0) is 11.2 Å². The maximum absolute atomic E-state index is 12.4. The van der Waals surface area contributed by atoms with Gasteiger partial charge in [0.15, 0.2) is 0 Å². The quantitative estimate of drug-likeness (QED) is 0.818. The van der Waals surface area contributed by atoms with Gasteiger partial charge in [0.05, 0.1) is 10.0 Å². The van der Waals surface area contributed by atoms with Crippen LogP contribution in [0.4, 0.5) is 0 Å². The predicted molar refractivity (Wildman–Crippen MR) is 92.4 cm³/mol. The van der Waals surface area contributed by atoms with Gasteiger partial charge in [-0.15, -0.1) is 10.2 Å². The highest BCUT2D eigenvalue weighted by Crippen LogP contribution is 2.27. The van der Waals surface area contributed by atoms with Crippen LogP contribution in [-0.4, -0.2) is 34.1 Å². The van der Waals surface area contributed by atoms with Crippen LogP contribution in [0, 0.1) is 6.92 Å². The molecule has 24 heavy (non-hydrogen) atoms. The fourth-order valence-electron chi connectivity index (χ4n) is 2.96. The maximum atomic E-state index is 12.4. The molecule has 1 aliphatic rings. The molecule has 2 heterocycles. The van der Waals surface area contributed by atoms with Gasteiger partial charge in [-0.25, -0.2) is 0 Å². The van der Waals surface area contributed by atoms with Crippen molar-refractivity contribution in [3.05, 3.63) is 45.6 Å². The number of aromatic nitrogens is 2. The number of nitrogens with zero attached hydrogens (tertiary/aromatic N) is 3. The number of hydrogen-bond acceptors (Lipinski definition) is 4. The molecule has 7 heteroatoms. The Morgan fingerprint density at radius 1 is 1.25 bits per heavy atom. The van der Waals surface area contributed by atoms with E-state index >= 15 is 0 Å². The van der Waals surface area contributed by atoms with Gasteiger partial charge in [-0.3, -0.25) is 4.79 Å². The average Bonchev–Trinajstić information content (AvgIpc) is 3.02. The molecule has 0 unspecified atom stereocenters. The molecule has 1 saturated heterocycles. The summed E-state index contributed by atoms with van der Waals surface area (Å²) in [5.41, 5.74) is 1.02. The molecule has 0 N–H and O–H groups in total. The van der Waals surface area contributed by atoms with Crippen LogP contribution in [0.1, 0.15) is 42.5 Å². The molecule has 5 nitrogen and oxygen atoms in total. The normalized spacial score (nSPS) is 15.7. The van der Waals surface area contributed by atoms with E-state index in [4.69, 9.17) is 27.6 Å². The predicted octanol–water partition coefficient (Wildman–Crippen LogP) is 4.02. The van der Waals surface area contributed by atoms with Crippen molar-refractivity contribution >= 4 is 29.1 Å². The molecule has 0 spiro atoms. The minimum absolute atomic E-state index is 0.168. The topological polar surface area (TPSA) is 59.2 Å². The number of halogens is 2. The molecule has 1 amide bonds. The van der Waals surface area contributed by atoms with Gasteiger partial charge in [-0.2, -0.15) is 0 Å². The third-order valence-corrected chi connectivity index (χ3v) is 5.09. The van der Waals surface area contributed by atoms with Crippen molar-refractivity contribution < 1.29 is 9.21 Å². The summed E-state index contributed by atoms with van der Waals surface area (Å²) in [6.07, 6.45) is 2.86. The van der Waals surface area contributed by atoms with Crippen molar-refractivity contribution in [2.24, 2.45) is 0 Å². The molecular formula is C17H19Cl2N3O2. The van der Waals surface area contributed by atoms with Crippen LogP contribution >= 0.6 is 23.2 Å². The van der Waals surface area contributed by atoms with Gasteiger partial charge in [0, 0.05) is 32.4 Å². The van der Waals surface area contributed by atoms with Crippen LogP contribution < -0.4 is 0 Å². The Labute approximate surface area is 150 Å². The Morgan fingerprint density at radius 3 is 2.62 bits per heavy atom. The first-order valence-electron chi connectivity index (χ1n) is 8.04. The molecule has 0 aliphatic carbocycles. The van der Waals surface area contributed by atoms with Crippen LogP contribution in [0.25, 0.3) is 0 Å². The van der Waals surface area contributed by atoms with Gasteiger partial charge in [0.1, 0.15) is 0 Å².